The Morgan fingerprint density at radius 3 is 2.17 bits per heavy atom. The number of aromatic amines is 1. The van der Waals surface area contributed by atoms with Crippen molar-refractivity contribution in [1.29, 1.82) is 0 Å². The molecule has 0 saturated heterocycles. The molecule has 0 aliphatic rings. The number of aromatic nitrogens is 1. The van der Waals surface area contributed by atoms with Gasteiger partial charge in [-0.1, -0.05) is 0 Å². The van der Waals surface area contributed by atoms with Gasteiger partial charge in [0.2, 0.25) is 0 Å². The Morgan fingerprint density at radius 1 is 1.25 bits per heavy atom. The fourth-order valence-corrected chi connectivity index (χ4v) is 0.798. The third kappa shape index (κ3) is 1.09. The average Bonchev–Trinajstić information content (AvgIpc) is 2.30. The van der Waals surface area contributed by atoms with Gasteiger partial charge in [0.1, 0.15) is 17.0 Å². The van der Waals surface area contributed by atoms with Gasteiger partial charge in [0.05, 0.1) is 0 Å². The lowest BCUT2D eigenvalue weighted by Gasteiger charge is -1.92. The standard InChI is InChI=1S/C6H5NO5/c8-2-1-7-4(6(11)12)3(2)5(9)10/h1,7-8H,(H,9,10)(H,11,12). The molecule has 0 aromatic carbocycles. The Balaban J connectivity index is 3.31. The zero-order valence-corrected chi connectivity index (χ0v) is 5.74. The highest BCUT2D eigenvalue weighted by Crippen LogP contribution is 2.20. The Labute approximate surface area is 66.1 Å². The van der Waals surface area contributed by atoms with E-state index in [0.717, 1.165) is 6.20 Å². The molecule has 1 rings (SSSR count). The van der Waals surface area contributed by atoms with Crippen molar-refractivity contribution >= 4 is 11.9 Å². The van der Waals surface area contributed by atoms with E-state index in [1.165, 1.54) is 0 Å². The van der Waals surface area contributed by atoms with Crippen molar-refractivity contribution in [3.05, 3.63) is 17.5 Å². The summed E-state index contributed by atoms with van der Waals surface area (Å²) in [5.41, 5.74) is -1.15. The van der Waals surface area contributed by atoms with Gasteiger partial charge < -0.3 is 20.3 Å². The molecule has 0 aliphatic heterocycles. The quantitative estimate of drug-likeness (QED) is 0.505. The minimum atomic E-state index is -1.48. The Morgan fingerprint density at radius 2 is 1.83 bits per heavy atom. The molecule has 6 heteroatoms. The number of rotatable bonds is 2. The Hall–Kier alpha value is -1.98. The first kappa shape index (κ1) is 8.12. The second-order valence-corrected chi connectivity index (χ2v) is 2.03. The number of nitrogens with one attached hydrogen (secondary N) is 1. The molecule has 0 amide bonds. The Kier molecular flexibility index (Phi) is 1.74. The van der Waals surface area contributed by atoms with Crippen LogP contribution >= 0.6 is 0 Å². The molecule has 1 aromatic rings. The molecular weight excluding hydrogens is 166 g/mol. The van der Waals surface area contributed by atoms with Crippen molar-refractivity contribution in [3.8, 4) is 5.75 Å². The maximum Gasteiger partial charge on any atom is 0.353 e. The van der Waals surface area contributed by atoms with E-state index in [-0.39, 0.29) is 0 Å². The summed E-state index contributed by atoms with van der Waals surface area (Å²) < 4.78 is 0. The van der Waals surface area contributed by atoms with Crippen LogP contribution in [0.4, 0.5) is 0 Å². The highest BCUT2D eigenvalue weighted by Gasteiger charge is 2.21. The largest absolute Gasteiger partial charge is 0.505 e. The summed E-state index contributed by atoms with van der Waals surface area (Å²) in [7, 11) is 0. The minimum Gasteiger partial charge on any atom is -0.505 e. The number of aromatic carboxylic acids is 2. The first-order valence-electron chi connectivity index (χ1n) is 2.91. The lowest BCUT2D eigenvalue weighted by atomic mass is 10.2. The van der Waals surface area contributed by atoms with Gasteiger partial charge in [0, 0.05) is 6.20 Å². The molecule has 12 heavy (non-hydrogen) atoms. The van der Waals surface area contributed by atoms with Gasteiger partial charge in [0.15, 0.2) is 0 Å². The summed E-state index contributed by atoms with van der Waals surface area (Å²) >= 11 is 0. The first-order chi connectivity index (χ1) is 5.54. The lowest BCUT2D eigenvalue weighted by molar-refractivity contribution is 0.0646. The van der Waals surface area contributed by atoms with E-state index in [0.29, 0.717) is 0 Å². The zero-order valence-electron chi connectivity index (χ0n) is 5.74. The van der Waals surface area contributed by atoms with E-state index in [4.69, 9.17) is 15.3 Å². The molecule has 0 radical (unpaired) electrons. The highest BCUT2D eigenvalue weighted by molar-refractivity contribution is 6.02. The van der Waals surface area contributed by atoms with Gasteiger partial charge in [-0.25, -0.2) is 9.59 Å². The van der Waals surface area contributed by atoms with E-state index in [9.17, 15) is 9.59 Å². The molecule has 0 bridgehead atoms. The van der Waals surface area contributed by atoms with Crippen LogP contribution in [0, 0.1) is 0 Å². The number of hydrogen-bond acceptors (Lipinski definition) is 3. The maximum absolute atomic E-state index is 10.4. The summed E-state index contributed by atoms with van der Waals surface area (Å²) in [5.74, 6) is -3.49. The van der Waals surface area contributed by atoms with Crippen LogP contribution in [-0.2, 0) is 0 Å². The molecule has 6 nitrogen and oxygen atoms in total. The van der Waals surface area contributed by atoms with Gasteiger partial charge in [-0.15, -0.1) is 0 Å². The maximum atomic E-state index is 10.4. The monoisotopic (exact) mass is 171 g/mol. The van der Waals surface area contributed by atoms with Crippen LogP contribution in [0.1, 0.15) is 20.8 Å². The molecule has 0 fully saturated rings. The van der Waals surface area contributed by atoms with Crippen LogP contribution in [0.2, 0.25) is 0 Å². The van der Waals surface area contributed by atoms with Crippen LogP contribution in [0.25, 0.3) is 0 Å². The zero-order chi connectivity index (χ0) is 9.30. The summed E-state index contributed by atoms with van der Waals surface area (Å²) in [6.45, 7) is 0. The fraction of sp³-hybridized carbons (Fsp3) is 0. The number of aromatic hydroxyl groups is 1. The number of H-pyrrole nitrogens is 1. The molecule has 64 valence electrons. The number of carboxylic acid groups (broad SMARTS) is 2. The molecule has 1 aromatic heterocycles. The van der Waals surface area contributed by atoms with Crippen molar-refractivity contribution in [2.24, 2.45) is 0 Å². The SMILES string of the molecule is O=C(O)c1[nH]cc(O)c1C(=O)O. The number of carboxylic acids is 2. The first-order valence-corrected chi connectivity index (χ1v) is 2.91. The van der Waals surface area contributed by atoms with Gasteiger partial charge in [-0.3, -0.25) is 0 Å². The normalized spacial score (nSPS) is 9.67. The van der Waals surface area contributed by atoms with Crippen molar-refractivity contribution < 1.29 is 24.9 Å². The molecule has 0 spiro atoms. The smallest absolute Gasteiger partial charge is 0.353 e. The summed E-state index contributed by atoms with van der Waals surface area (Å²) in [6.07, 6.45) is 0.910. The van der Waals surface area contributed by atoms with Gasteiger partial charge in [-0.05, 0) is 0 Å². The molecule has 0 saturated carbocycles. The van der Waals surface area contributed by atoms with Crippen LogP contribution < -0.4 is 0 Å². The molecule has 0 aliphatic carbocycles. The van der Waals surface area contributed by atoms with Crippen LogP contribution in [0.3, 0.4) is 0 Å². The predicted molar refractivity (Wildman–Crippen MR) is 36.4 cm³/mol. The summed E-state index contributed by atoms with van der Waals surface area (Å²) in [6, 6.07) is 0. The van der Waals surface area contributed by atoms with E-state index in [1.807, 2.05) is 0 Å². The molecule has 1 heterocycles. The third-order valence-corrected chi connectivity index (χ3v) is 1.29. The van der Waals surface area contributed by atoms with E-state index in [1.54, 1.807) is 0 Å². The van der Waals surface area contributed by atoms with E-state index < -0.39 is 28.9 Å². The minimum absolute atomic E-state index is 0.528. The fourth-order valence-electron chi connectivity index (χ4n) is 0.798. The van der Waals surface area contributed by atoms with E-state index >= 15 is 0 Å². The number of carbonyl (C=O) groups is 2. The molecule has 4 N–H and O–H groups in total. The van der Waals surface area contributed by atoms with Gasteiger partial charge >= 0.3 is 11.9 Å². The highest BCUT2D eigenvalue weighted by atomic mass is 16.4. The van der Waals surface area contributed by atoms with Crippen molar-refractivity contribution in [3.63, 3.8) is 0 Å². The lowest BCUT2D eigenvalue weighted by Crippen LogP contribution is -2.06. The average molecular weight is 171 g/mol. The topological polar surface area (TPSA) is 111 Å². The van der Waals surface area contributed by atoms with E-state index in [2.05, 4.69) is 4.98 Å². The molecular formula is C6H5NO5. The second-order valence-electron chi connectivity index (χ2n) is 2.03. The van der Waals surface area contributed by atoms with Crippen molar-refractivity contribution in [2.75, 3.05) is 0 Å². The van der Waals surface area contributed by atoms with Crippen LogP contribution in [-0.4, -0.2) is 32.2 Å². The number of hydrogen-bond donors (Lipinski definition) is 4. The van der Waals surface area contributed by atoms with Gasteiger partial charge in [-0.2, -0.15) is 0 Å². The molecule has 0 unspecified atom stereocenters. The van der Waals surface area contributed by atoms with Crippen LogP contribution in [0.15, 0.2) is 6.20 Å². The molecule has 0 atom stereocenters. The predicted octanol–water partition coefficient (Wildman–Crippen LogP) is 0.117. The van der Waals surface area contributed by atoms with Crippen molar-refractivity contribution in [2.45, 2.75) is 0 Å². The van der Waals surface area contributed by atoms with Crippen molar-refractivity contribution in [1.82, 2.24) is 4.98 Å². The van der Waals surface area contributed by atoms with Gasteiger partial charge in [0.25, 0.3) is 0 Å². The Bertz CT molecular complexity index is 340. The van der Waals surface area contributed by atoms with Crippen LogP contribution in [0.5, 0.6) is 5.75 Å². The summed E-state index contributed by atoms with van der Waals surface area (Å²) in [4.78, 5) is 22.8. The summed E-state index contributed by atoms with van der Waals surface area (Å²) in [5, 5.41) is 25.7. The third-order valence-electron chi connectivity index (χ3n) is 1.29. The second kappa shape index (κ2) is 2.57.